The minimum absolute atomic E-state index is 2.15. The summed E-state index contributed by atoms with van der Waals surface area (Å²) in [6, 6.07) is 0. The molecule has 0 saturated heterocycles. The van der Waals surface area contributed by atoms with Crippen LogP contribution in [0.5, 0.6) is 0 Å². The maximum absolute atomic E-state index is 13.4. The molecule has 0 aliphatic rings. The van der Waals surface area contributed by atoms with Crippen molar-refractivity contribution in [3.8, 4) is 0 Å². The van der Waals surface area contributed by atoms with Crippen LogP contribution >= 0.6 is 0 Å². The smallest absolute Gasteiger partial charge is 0.398 e. The second-order valence-electron chi connectivity index (χ2n) is 3.76. The molecule has 4 N–H and O–H groups in total. The first-order valence-corrected chi connectivity index (χ1v) is 4.72. The van der Waals surface area contributed by atoms with Crippen LogP contribution in [0.3, 0.4) is 0 Å². The normalized spacial score (nSPS) is 13.6. The lowest BCUT2D eigenvalue weighted by Crippen LogP contribution is -2.25. The van der Waals surface area contributed by atoms with Gasteiger partial charge in [-0.3, -0.25) is 0 Å². The number of nitrogens with two attached hydrogens (primary N) is 2. The third-order valence-corrected chi connectivity index (χ3v) is 2.36. The molecule has 12 heteroatoms. The van der Waals surface area contributed by atoms with E-state index in [4.69, 9.17) is 0 Å². The molecular formula is C9H4F10N2. The molecule has 21 heavy (non-hydrogen) atoms. The summed E-state index contributed by atoms with van der Waals surface area (Å²) in [4.78, 5) is 0. The van der Waals surface area contributed by atoms with Crippen molar-refractivity contribution < 1.29 is 43.9 Å². The molecule has 120 valence electrons. The van der Waals surface area contributed by atoms with Gasteiger partial charge in [0.05, 0.1) is 16.9 Å². The molecular weight excluding hydrogens is 326 g/mol. The second-order valence-corrected chi connectivity index (χ2v) is 3.76. The Labute approximate surface area is 109 Å². The maximum atomic E-state index is 13.4. The summed E-state index contributed by atoms with van der Waals surface area (Å²) in [7, 11) is 0. The van der Waals surface area contributed by atoms with Gasteiger partial charge in [0, 0.05) is 0 Å². The molecule has 0 aromatic heterocycles. The Balaban J connectivity index is 4.05. The van der Waals surface area contributed by atoms with E-state index in [9.17, 15) is 43.9 Å². The van der Waals surface area contributed by atoms with Crippen LogP contribution < -0.4 is 11.5 Å². The highest BCUT2D eigenvalue weighted by molar-refractivity contribution is 5.71. The average molecular weight is 330 g/mol. The molecule has 1 rings (SSSR count). The van der Waals surface area contributed by atoms with Crippen LogP contribution in [-0.2, 0) is 18.5 Å². The third kappa shape index (κ3) is 2.93. The Morgan fingerprint density at radius 3 is 1.14 bits per heavy atom. The van der Waals surface area contributed by atoms with Gasteiger partial charge in [-0.25, -0.2) is 4.39 Å². The van der Waals surface area contributed by atoms with E-state index < -0.39 is 52.4 Å². The molecule has 0 spiro atoms. The summed E-state index contributed by atoms with van der Waals surface area (Å²) in [5.74, 6) is -2.88. The van der Waals surface area contributed by atoms with Crippen LogP contribution in [0.15, 0.2) is 0 Å². The lowest BCUT2D eigenvalue weighted by atomic mass is 9.96. The summed E-state index contributed by atoms with van der Waals surface area (Å²) in [6.07, 6.45) is -17.6. The average Bonchev–Trinajstić information content (AvgIpc) is 2.17. The molecule has 0 unspecified atom stereocenters. The van der Waals surface area contributed by atoms with Gasteiger partial charge in [0.2, 0.25) is 0 Å². The van der Waals surface area contributed by atoms with Gasteiger partial charge in [-0.15, -0.1) is 0 Å². The van der Waals surface area contributed by atoms with Crippen molar-refractivity contribution in [3.63, 3.8) is 0 Å². The topological polar surface area (TPSA) is 52.0 Å². The van der Waals surface area contributed by atoms with E-state index in [0.717, 1.165) is 0 Å². The van der Waals surface area contributed by atoms with Crippen LogP contribution in [0.1, 0.15) is 16.7 Å². The number of nitrogen functional groups attached to an aromatic ring is 2. The van der Waals surface area contributed by atoms with Crippen LogP contribution in [0.4, 0.5) is 55.3 Å². The van der Waals surface area contributed by atoms with Crippen LogP contribution in [0.25, 0.3) is 0 Å². The van der Waals surface area contributed by atoms with Crippen molar-refractivity contribution in [3.05, 3.63) is 22.5 Å². The van der Waals surface area contributed by atoms with Gasteiger partial charge in [0.1, 0.15) is 11.1 Å². The van der Waals surface area contributed by atoms with Gasteiger partial charge in [-0.1, -0.05) is 0 Å². The highest BCUT2D eigenvalue weighted by atomic mass is 19.4. The first-order chi connectivity index (χ1) is 9.10. The molecule has 0 heterocycles. The number of halogens is 10. The Hall–Kier alpha value is -1.88. The molecule has 2 nitrogen and oxygen atoms in total. The Morgan fingerprint density at radius 1 is 0.524 bits per heavy atom. The fourth-order valence-corrected chi connectivity index (χ4v) is 1.62. The predicted octanol–water partition coefficient (Wildman–Crippen LogP) is 4.05. The lowest BCUT2D eigenvalue weighted by Gasteiger charge is -2.23. The van der Waals surface area contributed by atoms with Crippen molar-refractivity contribution in [1.29, 1.82) is 0 Å². The van der Waals surface area contributed by atoms with Crippen molar-refractivity contribution in [2.45, 2.75) is 18.5 Å². The van der Waals surface area contributed by atoms with Gasteiger partial charge >= 0.3 is 18.5 Å². The van der Waals surface area contributed by atoms with E-state index in [0.29, 0.717) is 0 Å². The number of benzene rings is 1. The van der Waals surface area contributed by atoms with Gasteiger partial charge < -0.3 is 11.5 Å². The molecule has 0 amide bonds. The molecule has 0 bridgehead atoms. The van der Waals surface area contributed by atoms with Gasteiger partial charge in [-0.05, 0) is 0 Å². The van der Waals surface area contributed by atoms with E-state index in [1.165, 1.54) is 0 Å². The zero-order valence-corrected chi connectivity index (χ0v) is 9.43. The van der Waals surface area contributed by atoms with Crippen molar-refractivity contribution in [2.24, 2.45) is 0 Å². The number of anilines is 2. The first-order valence-electron chi connectivity index (χ1n) is 4.72. The molecule has 0 saturated carbocycles. The largest absolute Gasteiger partial charge is 0.420 e. The summed E-state index contributed by atoms with van der Waals surface area (Å²) in [5.41, 5.74) is -3.86. The van der Waals surface area contributed by atoms with Gasteiger partial charge in [0.25, 0.3) is 0 Å². The molecule has 1 aromatic carbocycles. The second kappa shape index (κ2) is 4.56. The van der Waals surface area contributed by atoms with Crippen LogP contribution in [-0.4, -0.2) is 0 Å². The summed E-state index contributed by atoms with van der Waals surface area (Å²) in [5, 5.41) is 0. The monoisotopic (exact) mass is 330 g/mol. The maximum Gasteiger partial charge on any atom is 0.420 e. The lowest BCUT2D eigenvalue weighted by molar-refractivity contribution is -0.164. The molecule has 0 radical (unpaired) electrons. The highest BCUT2D eigenvalue weighted by Gasteiger charge is 2.51. The fourth-order valence-electron chi connectivity index (χ4n) is 1.62. The van der Waals surface area contributed by atoms with E-state index in [2.05, 4.69) is 11.5 Å². The Bertz CT molecular complexity index is 566. The molecule has 1 aromatic rings. The predicted molar refractivity (Wildman–Crippen MR) is 50.2 cm³/mol. The quantitative estimate of drug-likeness (QED) is 0.557. The SMILES string of the molecule is Nc1c(F)c(C(F)(F)F)c(C(F)(F)F)c(N)c1C(F)(F)F. The standard InChI is InChI=1S/C9H4F10N2/c10-4-1(7(11,12)13)2(8(14,15)16)5(20)3(6(4)21)9(17,18)19/h20-21H2. The van der Waals surface area contributed by atoms with E-state index in [1.54, 1.807) is 0 Å². The summed E-state index contributed by atoms with van der Waals surface area (Å²) < 4.78 is 126. The van der Waals surface area contributed by atoms with Gasteiger partial charge in [-0.2, -0.15) is 39.5 Å². The van der Waals surface area contributed by atoms with Crippen LogP contribution in [0.2, 0.25) is 0 Å². The van der Waals surface area contributed by atoms with Gasteiger partial charge in [0.15, 0.2) is 5.82 Å². The van der Waals surface area contributed by atoms with E-state index in [1.807, 2.05) is 0 Å². The summed E-state index contributed by atoms with van der Waals surface area (Å²) >= 11 is 0. The Kier molecular flexibility index (Phi) is 3.73. The molecule has 0 fully saturated rings. The summed E-state index contributed by atoms with van der Waals surface area (Å²) in [6.45, 7) is 0. The number of hydrogen-bond donors (Lipinski definition) is 2. The minimum atomic E-state index is -5.97. The zero-order chi connectivity index (χ0) is 17.0. The number of rotatable bonds is 0. The molecule has 0 atom stereocenters. The molecule has 0 aliphatic heterocycles. The first kappa shape index (κ1) is 17.2. The van der Waals surface area contributed by atoms with Crippen LogP contribution in [0, 0.1) is 5.82 Å². The van der Waals surface area contributed by atoms with Crippen molar-refractivity contribution in [2.75, 3.05) is 11.5 Å². The number of alkyl halides is 9. The van der Waals surface area contributed by atoms with Crippen molar-refractivity contribution >= 4 is 11.4 Å². The zero-order valence-electron chi connectivity index (χ0n) is 9.43. The minimum Gasteiger partial charge on any atom is -0.398 e. The molecule has 0 aliphatic carbocycles. The van der Waals surface area contributed by atoms with Crippen molar-refractivity contribution in [1.82, 2.24) is 0 Å². The highest BCUT2D eigenvalue weighted by Crippen LogP contribution is 2.51. The third-order valence-electron chi connectivity index (χ3n) is 2.36. The Morgan fingerprint density at radius 2 is 0.857 bits per heavy atom. The number of hydrogen-bond acceptors (Lipinski definition) is 2. The van der Waals surface area contributed by atoms with E-state index in [-0.39, 0.29) is 0 Å². The van der Waals surface area contributed by atoms with E-state index >= 15 is 0 Å². The fraction of sp³-hybridized carbons (Fsp3) is 0.333.